The Hall–Kier alpha value is -0.670. The van der Waals surface area contributed by atoms with Gasteiger partial charge in [0.2, 0.25) is 0 Å². The number of aliphatic hydroxyl groups is 1. The number of fused-ring (bicyclic) bond motifs is 1. The maximum Gasteiger partial charge on any atom is 0.156 e. The third-order valence-electron chi connectivity index (χ3n) is 2.23. The Morgan fingerprint density at radius 1 is 1.55 bits per heavy atom. The van der Waals surface area contributed by atoms with E-state index >= 15 is 0 Å². The Labute approximate surface area is 64.7 Å². The SMILES string of the molecule is O=C1C=C2[C@H](COC[C@@H]2O)C1. The first-order valence-corrected chi connectivity index (χ1v) is 3.77. The van der Waals surface area contributed by atoms with Gasteiger partial charge < -0.3 is 9.84 Å². The van der Waals surface area contributed by atoms with Crippen LogP contribution in [0, 0.1) is 5.92 Å². The van der Waals surface area contributed by atoms with Crippen LogP contribution in [0.25, 0.3) is 0 Å². The maximum atomic E-state index is 10.9. The molecule has 0 aromatic carbocycles. The lowest BCUT2D eigenvalue weighted by Crippen LogP contribution is -2.30. The molecule has 0 unspecified atom stereocenters. The molecular weight excluding hydrogens is 144 g/mol. The molecule has 0 bridgehead atoms. The highest BCUT2D eigenvalue weighted by atomic mass is 16.5. The lowest BCUT2D eigenvalue weighted by atomic mass is 9.96. The van der Waals surface area contributed by atoms with Gasteiger partial charge in [-0.1, -0.05) is 0 Å². The molecule has 0 radical (unpaired) electrons. The van der Waals surface area contributed by atoms with E-state index in [-0.39, 0.29) is 11.7 Å². The molecule has 11 heavy (non-hydrogen) atoms. The van der Waals surface area contributed by atoms with Gasteiger partial charge in [0.05, 0.1) is 19.3 Å². The summed E-state index contributed by atoms with van der Waals surface area (Å²) in [5, 5.41) is 9.35. The van der Waals surface area contributed by atoms with Gasteiger partial charge >= 0.3 is 0 Å². The molecular formula is C8H10O3. The molecule has 60 valence electrons. The Morgan fingerprint density at radius 3 is 3.09 bits per heavy atom. The number of rotatable bonds is 0. The van der Waals surface area contributed by atoms with Crippen LogP contribution in [-0.4, -0.2) is 30.2 Å². The zero-order valence-electron chi connectivity index (χ0n) is 6.12. The van der Waals surface area contributed by atoms with E-state index in [9.17, 15) is 9.90 Å². The number of hydrogen-bond acceptors (Lipinski definition) is 3. The van der Waals surface area contributed by atoms with Crippen molar-refractivity contribution in [2.24, 2.45) is 5.92 Å². The number of aliphatic hydroxyl groups excluding tert-OH is 1. The standard InChI is InChI=1S/C8H10O3/c9-6-1-5-3-11-4-8(10)7(5)2-6/h2,5,8,10H,1,3-4H2/t5-,8-/m0/s1. The minimum Gasteiger partial charge on any atom is -0.386 e. The van der Waals surface area contributed by atoms with Crippen LogP contribution in [0.1, 0.15) is 6.42 Å². The van der Waals surface area contributed by atoms with Crippen molar-refractivity contribution in [2.75, 3.05) is 13.2 Å². The number of carbonyl (C=O) groups is 1. The molecule has 1 aliphatic carbocycles. The van der Waals surface area contributed by atoms with Gasteiger partial charge in [-0.15, -0.1) is 0 Å². The summed E-state index contributed by atoms with van der Waals surface area (Å²) >= 11 is 0. The first-order chi connectivity index (χ1) is 5.27. The molecule has 0 saturated carbocycles. The van der Waals surface area contributed by atoms with Gasteiger partial charge in [-0.05, 0) is 11.6 Å². The summed E-state index contributed by atoms with van der Waals surface area (Å²) in [6.45, 7) is 0.935. The molecule has 2 aliphatic rings. The van der Waals surface area contributed by atoms with Gasteiger partial charge in [-0.3, -0.25) is 4.79 Å². The lowest BCUT2D eigenvalue weighted by molar-refractivity contribution is -0.114. The van der Waals surface area contributed by atoms with Gasteiger partial charge in [0.1, 0.15) is 0 Å². The van der Waals surface area contributed by atoms with Gasteiger partial charge in [0.15, 0.2) is 5.78 Å². The maximum absolute atomic E-state index is 10.9. The van der Waals surface area contributed by atoms with Crippen molar-refractivity contribution in [2.45, 2.75) is 12.5 Å². The normalized spacial score (nSPS) is 36.8. The number of ether oxygens (including phenoxy) is 1. The van der Waals surface area contributed by atoms with E-state index in [1.807, 2.05) is 0 Å². The summed E-state index contributed by atoms with van der Waals surface area (Å²) < 4.78 is 5.10. The number of carbonyl (C=O) groups excluding carboxylic acids is 1. The fraction of sp³-hybridized carbons (Fsp3) is 0.625. The van der Waals surface area contributed by atoms with Crippen molar-refractivity contribution in [1.29, 1.82) is 0 Å². The van der Waals surface area contributed by atoms with Crippen LogP contribution in [0.3, 0.4) is 0 Å². The third-order valence-corrected chi connectivity index (χ3v) is 2.23. The van der Waals surface area contributed by atoms with Crippen molar-refractivity contribution in [3.8, 4) is 0 Å². The lowest BCUT2D eigenvalue weighted by Gasteiger charge is -2.25. The number of allylic oxidation sites excluding steroid dienone is 1. The van der Waals surface area contributed by atoms with Gasteiger partial charge in [-0.25, -0.2) is 0 Å². The molecule has 1 saturated heterocycles. The van der Waals surface area contributed by atoms with Gasteiger partial charge in [0.25, 0.3) is 0 Å². The largest absolute Gasteiger partial charge is 0.386 e. The Balaban J connectivity index is 2.22. The minimum absolute atomic E-state index is 0.120. The van der Waals surface area contributed by atoms with Crippen LogP contribution in [-0.2, 0) is 9.53 Å². The summed E-state index contributed by atoms with van der Waals surface area (Å²) in [5.41, 5.74) is 0.876. The highest BCUT2D eigenvalue weighted by Crippen LogP contribution is 2.29. The molecule has 0 aromatic heterocycles. The van der Waals surface area contributed by atoms with E-state index in [1.165, 1.54) is 0 Å². The average Bonchev–Trinajstić information content (AvgIpc) is 2.31. The predicted molar refractivity (Wildman–Crippen MR) is 38.0 cm³/mol. The summed E-state index contributed by atoms with van der Waals surface area (Å²) in [4.78, 5) is 10.9. The fourth-order valence-corrected chi connectivity index (χ4v) is 1.66. The van der Waals surface area contributed by atoms with Crippen molar-refractivity contribution < 1.29 is 14.6 Å². The molecule has 3 nitrogen and oxygen atoms in total. The summed E-state index contributed by atoms with van der Waals surface area (Å²) in [7, 11) is 0. The Morgan fingerprint density at radius 2 is 2.36 bits per heavy atom. The first kappa shape index (κ1) is 7.00. The quantitative estimate of drug-likeness (QED) is 0.529. The van der Waals surface area contributed by atoms with Crippen molar-refractivity contribution in [3.63, 3.8) is 0 Å². The van der Waals surface area contributed by atoms with E-state index in [1.54, 1.807) is 6.08 Å². The fourth-order valence-electron chi connectivity index (χ4n) is 1.66. The van der Waals surface area contributed by atoms with Crippen LogP contribution >= 0.6 is 0 Å². The smallest absolute Gasteiger partial charge is 0.156 e. The van der Waals surface area contributed by atoms with Crippen molar-refractivity contribution in [3.05, 3.63) is 11.6 Å². The zero-order chi connectivity index (χ0) is 7.84. The van der Waals surface area contributed by atoms with E-state index in [0.29, 0.717) is 19.6 Å². The highest BCUT2D eigenvalue weighted by Gasteiger charge is 2.32. The highest BCUT2D eigenvalue weighted by molar-refractivity contribution is 5.93. The van der Waals surface area contributed by atoms with Crippen LogP contribution in [0.5, 0.6) is 0 Å². The van der Waals surface area contributed by atoms with E-state index in [0.717, 1.165) is 5.57 Å². The molecule has 0 aromatic rings. The van der Waals surface area contributed by atoms with Crippen molar-refractivity contribution in [1.82, 2.24) is 0 Å². The van der Waals surface area contributed by atoms with E-state index < -0.39 is 6.10 Å². The molecule has 2 atom stereocenters. The number of ketones is 1. The molecule has 0 spiro atoms. The summed E-state index contributed by atoms with van der Waals surface area (Å²) in [6, 6.07) is 0. The average molecular weight is 154 g/mol. The first-order valence-electron chi connectivity index (χ1n) is 3.77. The van der Waals surface area contributed by atoms with Crippen LogP contribution in [0.4, 0.5) is 0 Å². The second-order valence-corrected chi connectivity index (χ2v) is 3.06. The topological polar surface area (TPSA) is 46.5 Å². The molecule has 2 rings (SSSR count). The van der Waals surface area contributed by atoms with Crippen LogP contribution in [0.2, 0.25) is 0 Å². The zero-order valence-corrected chi connectivity index (χ0v) is 6.12. The third kappa shape index (κ3) is 1.10. The van der Waals surface area contributed by atoms with E-state index in [2.05, 4.69) is 0 Å². The Bertz CT molecular complexity index is 219. The second-order valence-electron chi connectivity index (χ2n) is 3.06. The van der Waals surface area contributed by atoms with Crippen LogP contribution < -0.4 is 0 Å². The molecule has 3 heteroatoms. The predicted octanol–water partition coefficient (Wildman–Crippen LogP) is -0.107. The molecule has 1 heterocycles. The molecule has 0 amide bonds. The summed E-state index contributed by atoms with van der Waals surface area (Å²) in [6.07, 6.45) is 1.55. The minimum atomic E-state index is -0.541. The summed E-state index contributed by atoms with van der Waals surface area (Å²) in [5.74, 6) is 0.279. The van der Waals surface area contributed by atoms with E-state index in [4.69, 9.17) is 4.74 Å². The molecule has 1 aliphatic heterocycles. The molecule has 1 N–H and O–H groups in total. The molecule has 1 fully saturated rings. The monoisotopic (exact) mass is 154 g/mol. The van der Waals surface area contributed by atoms with Gasteiger partial charge in [-0.2, -0.15) is 0 Å². The van der Waals surface area contributed by atoms with Crippen LogP contribution in [0.15, 0.2) is 11.6 Å². The van der Waals surface area contributed by atoms with Crippen molar-refractivity contribution >= 4 is 5.78 Å². The number of hydrogen-bond donors (Lipinski definition) is 1. The second kappa shape index (κ2) is 2.43. The van der Waals surface area contributed by atoms with Gasteiger partial charge in [0, 0.05) is 12.3 Å². The Kier molecular flexibility index (Phi) is 1.55.